The van der Waals surface area contributed by atoms with Gasteiger partial charge in [-0.1, -0.05) is 131 Å². The van der Waals surface area contributed by atoms with Crippen molar-refractivity contribution < 1.29 is 42.7 Å². The van der Waals surface area contributed by atoms with E-state index in [2.05, 4.69) is 103 Å². The molecule has 2 unspecified atom stereocenters. The van der Waals surface area contributed by atoms with Crippen molar-refractivity contribution in [1.82, 2.24) is 0 Å². The molecule has 55 heavy (non-hydrogen) atoms. The lowest BCUT2D eigenvalue weighted by molar-refractivity contribution is -0.161. The first-order chi connectivity index (χ1) is 26.7. The number of esters is 2. The molecule has 9 nitrogen and oxygen atoms in total. The molecule has 1 fully saturated rings. The normalized spacial score (nSPS) is 17.0. The highest BCUT2D eigenvalue weighted by Crippen LogP contribution is 2.36. The minimum absolute atomic E-state index is 0.106. The van der Waals surface area contributed by atoms with E-state index in [1.54, 1.807) is 0 Å². The lowest BCUT2D eigenvalue weighted by atomic mass is 10.1. The van der Waals surface area contributed by atoms with Crippen LogP contribution in [0.15, 0.2) is 85.1 Å². The molecule has 2 N–H and O–H groups in total. The van der Waals surface area contributed by atoms with Crippen molar-refractivity contribution in [3.05, 3.63) is 85.1 Å². The summed E-state index contributed by atoms with van der Waals surface area (Å²) < 4.78 is 32.1. The maximum atomic E-state index is 12.5. The van der Waals surface area contributed by atoms with Gasteiger partial charge >= 0.3 is 19.8 Å². The fourth-order valence-electron chi connectivity index (χ4n) is 5.56. The second-order valence-corrected chi connectivity index (χ2v) is 15.2. The third-order valence-electron chi connectivity index (χ3n) is 8.81. The Morgan fingerprint density at radius 1 is 0.582 bits per heavy atom. The Kier molecular flexibility index (Phi) is 32.5. The van der Waals surface area contributed by atoms with Crippen LogP contribution in [0.1, 0.15) is 155 Å². The molecule has 0 radical (unpaired) electrons. The van der Waals surface area contributed by atoms with Gasteiger partial charge in [0.1, 0.15) is 6.61 Å². The molecule has 0 spiro atoms. The molecule has 1 aliphatic heterocycles. The third-order valence-corrected chi connectivity index (χ3v) is 9.30. The van der Waals surface area contributed by atoms with E-state index in [1.807, 2.05) is 0 Å². The lowest BCUT2D eigenvalue weighted by Crippen LogP contribution is -2.29. The highest BCUT2D eigenvalue weighted by molar-refractivity contribution is 7.46. The first-order valence-electron chi connectivity index (χ1n) is 21.0. The number of hydrogen-bond donors (Lipinski definition) is 2. The van der Waals surface area contributed by atoms with Gasteiger partial charge in [-0.15, -0.1) is 0 Å². The summed E-state index contributed by atoms with van der Waals surface area (Å²) in [6.07, 6.45) is 50.3. The fourth-order valence-corrected chi connectivity index (χ4v) is 5.92. The molecule has 3 atom stereocenters. The van der Waals surface area contributed by atoms with Crippen LogP contribution in [0.3, 0.4) is 0 Å². The molecule has 0 aromatic rings. The van der Waals surface area contributed by atoms with Crippen molar-refractivity contribution in [1.29, 1.82) is 0 Å². The van der Waals surface area contributed by atoms with E-state index in [-0.39, 0.29) is 31.7 Å². The Morgan fingerprint density at radius 2 is 1.05 bits per heavy atom. The average molecular weight is 789 g/mol. The van der Waals surface area contributed by atoms with Crippen molar-refractivity contribution in [2.45, 2.75) is 173 Å². The standard InChI is InChI=1S/C45H73O9P/c1-3-5-7-9-11-13-15-17-18-19-20-21-22-23-25-27-29-31-33-37-44(46)51-39-41(40-52-55(48,49)50)53-45(47)38-34-36-43-42(54-43)35-32-30-28-26-24-16-14-12-10-8-6-4-2/h11-14,17-18,20-21,23-26,30,32,41-43H,3-10,15-16,19,22,27-29,31,33-40H2,1-2H3,(H2,48,49,50)/b13-11-,14-12-,18-17-,21-20-,25-23-,26-24-,32-30-/t41-,42?,43?/m1/s1. The van der Waals surface area contributed by atoms with Gasteiger partial charge in [0.2, 0.25) is 0 Å². The van der Waals surface area contributed by atoms with E-state index in [0.717, 1.165) is 64.2 Å². The van der Waals surface area contributed by atoms with Crippen molar-refractivity contribution in [2.24, 2.45) is 0 Å². The molecule has 0 aliphatic carbocycles. The zero-order valence-electron chi connectivity index (χ0n) is 34.0. The van der Waals surface area contributed by atoms with Crippen molar-refractivity contribution >= 4 is 19.8 Å². The molecule has 0 saturated carbocycles. The number of hydrogen-bond acceptors (Lipinski definition) is 7. The van der Waals surface area contributed by atoms with Crippen molar-refractivity contribution in [3.63, 3.8) is 0 Å². The Hall–Kier alpha value is -2.81. The topological polar surface area (TPSA) is 132 Å². The number of unbranched alkanes of at least 4 members (excludes halogenated alkanes) is 9. The highest BCUT2D eigenvalue weighted by atomic mass is 31.2. The van der Waals surface area contributed by atoms with Gasteiger partial charge in [-0.3, -0.25) is 14.1 Å². The van der Waals surface area contributed by atoms with Crippen LogP contribution in [0, 0.1) is 0 Å². The average Bonchev–Trinajstić information content (AvgIpc) is 3.91. The van der Waals surface area contributed by atoms with Crippen LogP contribution in [0.25, 0.3) is 0 Å². The number of epoxide rings is 1. The molecule has 0 bridgehead atoms. The largest absolute Gasteiger partial charge is 0.469 e. The van der Waals surface area contributed by atoms with Crippen LogP contribution < -0.4 is 0 Å². The molecule has 312 valence electrons. The molecule has 1 saturated heterocycles. The van der Waals surface area contributed by atoms with E-state index in [1.165, 1.54) is 44.9 Å². The Balaban J connectivity index is 2.16. The lowest BCUT2D eigenvalue weighted by Gasteiger charge is -2.18. The van der Waals surface area contributed by atoms with Crippen LogP contribution in [0.4, 0.5) is 0 Å². The number of phosphoric ester groups is 1. The van der Waals surface area contributed by atoms with Crippen molar-refractivity contribution in [2.75, 3.05) is 13.2 Å². The Morgan fingerprint density at radius 3 is 1.56 bits per heavy atom. The summed E-state index contributed by atoms with van der Waals surface area (Å²) in [5.41, 5.74) is 0. The zero-order valence-corrected chi connectivity index (χ0v) is 34.9. The van der Waals surface area contributed by atoms with E-state index in [0.29, 0.717) is 19.3 Å². The third kappa shape index (κ3) is 35.4. The maximum Gasteiger partial charge on any atom is 0.469 e. The minimum atomic E-state index is -4.79. The number of phosphoric acid groups is 1. The second kappa shape index (κ2) is 35.6. The van der Waals surface area contributed by atoms with Crippen LogP contribution in [0.2, 0.25) is 0 Å². The second-order valence-electron chi connectivity index (χ2n) is 14.0. The van der Waals surface area contributed by atoms with Crippen LogP contribution in [-0.2, 0) is 32.9 Å². The summed E-state index contributed by atoms with van der Waals surface area (Å²) in [4.78, 5) is 43.0. The molecule has 10 heteroatoms. The van der Waals surface area contributed by atoms with E-state index in [4.69, 9.17) is 24.0 Å². The van der Waals surface area contributed by atoms with Crippen LogP contribution in [0.5, 0.6) is 0 Å². The number of carbonyl (C=O) groups is 2. The predicted molar refractivity (Wildman–Crippen MR) is 224 cm³/mol. The molecule has 1 heterocycles. The monoisotopic (exact) mass is 788 g/mol. The van der Waals surface area contributed by atoms with Crippen molar-refractivity contribution in [3.8, 4) is 0 Å². The number of allylic oxidation sites excluding steroid dienone is 13. The van der Waals surface area contributed by atoms with Gasteiger partial charge in [-0.05, 0) is 96.3 Å². The van der Waals surface area contributed by atoms with E-state index >= 15 is 0 Å². The van der Waals surface area contributed by atoms with Gasteiger partial charge in [0.15, 0.2) is 6.10 Å². The highest BCUT2D eigenvalue weighted by Gasteiger charge is 2.36. The molecular formula is C45H73O9P. The fraction of sp³-hybridized carbons (Fsp3) is 0.644. The molecule has 0 aromatic carbocycles. The molecule has 1 rings (SSSR count). The summed E-state index contributed by atoms with van der Waals surface area (Å²) in [7, 11) is -4.79. The van der Waals surface area contributed by atoms with Gasteiger partial charge in [-0.2, -0.15) is 0 Å². The zero-order chi connectivity index (χ0) is 40.1. The summed E-state index contributed by atoms with van der Waals surface area (Å²) >= 11 is 0. The molecule has 0 aromatic heterocycles. The summed E-state index contributed by atoms with van der Waals surface area (Å²) in [5, 5.41) is 0. The predicted octanol–water partition coefficient (Wildman–Crippen LogP) is 11.8. The summed E-state index contributed by atoms with van der Waals surface area (Å²) in [5.74, 6) is -1.01. The Labute approximate surface area is 333 Å². The number of rotatable bonds is 36. The summed E-state index contributed by atoms with van der Waals surface area (Å²) in [6, 6.07) is 0. The van der Waals surface area contributed by atoms with Gasteiger partial charge < -0.3 is 24.0 Å². The maximum absolute atomic E-state index is 12.5. The first kappa shape index (κ1) is 50.2. The SMILES string of the molecule is CCCCC/C=C\C/C=C\C/C=C\C/C=C\CCCCCC(=O)OC[C@H](COP(=O)(O)O)OC(=O)CCCC1OC1C/C=C\C/C=C\C/C=C\CCCCC. The first-order valence-corrected chi connectivity index (χ1v) is 22.5. The van der Waals surface area contributed by atoms with Crippen LogP contribution in [-0.4, -0.2) is 53.3 Å². The van der Waals surface area contributed by atoms with Gasteiger partial charge in [0.25, 0.3) is 0 Å². The molecule has 1 aliphatic rings. The van der Waals surface area contributed by atoms with Gasteiger partial charge in [-0.25, -0.2) is 4.57 Å². The Bertz CT molecular complexity index is 1230. The van der Waals surface area contributed by atoms with Gasteiger partial charge in [0.05, 0.1) is 18.8 Å². The smallest absolute Gasteiger partial charge is 0.462 e. The van der Waals surface area contributed by atoms with E-state index < -0.39 is 32.5 Å². The molecule has 0 amide bonds. The number of carbonyl (C=O) groups excluding carboxylic acids is 2. The molecular weight excluding hydrogens is 715 g/mol. The number of ether oxygens (including phenoxy) is 3. The van der Waals surface area contributed by atoms with Crippen LogP contribution >= 0.6 is 7.82 Å². The van der Waals surface area contributed by atoms with Gasteiger partial charge in [0, 0.05) is 12.8 Å². The minimum Gasteiger partial charge on any atom is -0.462 e. The summed E-state index contributed by atoms with van der Waals surface area (Å²) in [6.45, 7) is 3.52. The quantitative estimate of drug-likeness (QED) is 0.0209. The van der Waals surface area contributed by atoms with E-state index in [9.17, 15) is 14.2 Å².